The number of rotatable bonds is 40. The summed E-state index contributed by atoms with van der Waals surface area (Å²) < 4.78 is 59.0. The Labute approximate surface area is 375 Å². The number of ether oxygens (including phenoxy) is 4. The molecule has 1 aliphatic heterocycles. The molecule has 0 aromatic heterocycles. The highest BCUT2D eigenvalue weighted by Gasteiger charge is 2.48. The van der Waals surface area contributed by atoms with Crippen LogP contribution in [0.4, 0.5) is 0 Å². The van der Waals surface area contributed by atoms with Crippen LogP contribution in [0.3, 0.4) is 0 Å². The van der Waals surface area contributed by atoms with Crippen molar-refractivity contribution < 1.29 is 56.2 Å². The van der Waals surface area contributed by atoms with E-state index in [4.69, 9.17) is 23.5 Å². The van der Waals surface area contributed by atoms with Crippen molar-refractivity contribution in [3.63, 3.8) is 0 Å². The number of hydrogen-bond acceptors (Lipinski definition) is 11. The average Bonchev–Trinajstić information content (AvgIpc) is 3.24. The van der Waals surface area contributed by atoms with E-state index in [1.54, 1.807) is 0 Å². The maximum atomic E-state index is 12.8. The lowest BCUT2D eigenvalue weighted by Crippen LogP contribution is -2.60. The molecule has 0 amide bonds. The normalized spacial score (nSPS) is 20.6. The maximum absolute atomic E-state index is 12.8. The number of allylic oxidation sites excluding steroid dienone is 12. The van der Waals surface area contributed by atoms with E-state index in [9.17, 15) is 28.5 Å². The lowest BCUT2D eigenvalue weighted by molar-refractivity contribution is -0.301. The summed E-state index contributed by atoms with van der Waals surface area (Å²) in [5.41, 5.74) is 0. The second kappa shape index (κ2) is 40.1. The largest absolute Gasteiger partial charge is 0.457 e. The molecular weight excluding hydrogens is 813 g/mol. The van der Waals surface area contributed by atoms with Gasteiger partial charge in [-0.15, -0.1) is 0 Å². The Kier molecular flexibility index (Phi) is 37.2. The number of aliphatic hydroxyl groups is 3. The lowest BCUT2D eigenvalue weighted by atomic mass is 9.99. The third-order valence-electron chi connectivity index (χ3n) is 10.3. The first kappa shape index (κ1) is 57.6. The first-order valence-corrected chi connectivity index (χ1v) is 25.1. The minimum atomic E-state index is -5.07. The Balaban J connectivity index is 2.40. The zero-order valence-electron chi connectivity index (χ0n) is 38.2. The fourth-order valence-electron chi connectivity index (χ4n) is 6.77. The van der Waals surface area contributed by atoms with Crippen molar-refractivity contribution in [3.8, 4) is 0 Å². The number of carbonyl (C=O) groups excluding carboxylic acids is 1. The molecule has 0 aliphatic carbocycles. The highest BCUT2D eigenvalue weighted by atomic mass is 32.3. The topological polar surface area (TPSA) is 178 Å². The summed E-state index contributed by atoms with van der Waals surface area (Å²) in [6.07, 6.45) is 42.5. The van der Waals surface area contributed by atoms with Gasteiger partial charge < -0.3 is 34.3 Å². The van der Waals surface area contributed by atoms with E-state index in [2.05, 4.69) is 78.8 Å². The fourth-order valence-corrected chi connectivity index (χ4v) is 7.28. The van der Waals surface area contributed by atoms with Crippen LogP contribution in [0.2, 0.25) is 0 Å². The van der Waals surface area contributed by atoms with Gasteiger partial charge in [0.1, 0.15) is 30.5 Å². The zero-order valence-corrected chi connectivity index (χ0v) is 39.0. The number of carbonyl (C=O) groups is 1. The Morgan fingerprint density at radius 1 is 0.629 bits per heavy atom. The van der Waals surface area contributed by atoms with Crippen LogP contribution in [0, 0.1) is 0 Å². The lowest BCUT2D eigenvalue weighted by Gasteiger charge is -2.41. The monoisotopic (exact) mass is 897 g/mol. The molecule has 0 spiro atoms. The molecule has 1 saturated heterocycles. The predicted octanol–water partition coefficient (Wildman–Crippen LogP) is 10.3. The smallest absolute Gasteiger partial charge is 0.397 e. The molecule has 0 bridgehead atoms. The highest BCUT2D eigenvalue weighted by molar-refractivity contribution is 7.80. The molecule has 13 heteroatoms. The van der Waals surface area contributed by atoms with Gasteiger partial charge in [0.25, 0.3) is 0 Å². The summed E-state index contributed by atoms with van der Waals surface area (Å²) in [4.78, 5) is 12.8. The van der Waals surface area contributed by atoms with Crippen molar-refractivity contribution in [3.05, 3.63) is 72.9 Å². The third-order valence-corrected chi connectivity index (χ3v) is 10.8. The molecule has 1 aliphatic rings. The summed E-state index contributed by atoms with van der Waals surface area (Å²) in [7, 11) is -5.07. The molecule has 0 saturated carbocycles. The highest BCUT2D eigenvalue weighted by Crippen LogP contribution is 2.26. The van der Waals surface area contributed by atoms with Crippen molar-refractivity contribution in [2.75, 3.05) is 26.4 Å². The molecule has 358 valence electrons. The van der Waals surface area contributed by atoms with Crippen LogP contribution in [0.1, 0.15) is 168 Å². The molecule has 0 aromatic rings. The van der Waals surface area contributed by atoms with Crippen molar-refractivity contribution in [2.24, 2.45) is 0 Å². The Morgan fingerprint density at radius 3 is 1.63 bits per heavy atom. The summed E-state index contributed by atoms with van der Waals surface area (Å²) in [5, 5.41) is 30.7. The van der Waals surface area contributed by atoms with Gasteiger partial charge in [0.05, 0.1) is 19.8 Å². The van der Waals surface area contributed by atoms with Crippen LogP contribution in [0.15, 0.2) is 72.9 Å². The standard InChI is InChI=1S/C49H84O12S/c1-3-5-7-9-11-13-15-17-18-19-20-21-22-23-24-25-27-29-31-33-35-37-39-57-41-43(42-58-49-47(53)48(61-62(54,55)56)46(52)44(40-50)60-49)59-45(51)38-36-34-32-30-28-26-16-14-12-10-8-6-4-2/h6,8,12,14-15,17,19-20,26,28,32,34,43-44,46-50,52-53H,3-5,7,9-11,13,16,18,21-25,27,29-31,33,35-42H2,1-2H3,(H,54,55,56)/b8-6-,14-12-,17-15-,20-19-,28-26-,34-32-. The van der Waals surface area contributed by atoms with Crippen LogP contribution >= 0.6 is 0 Å². The van der Waals surface area contributed by atoms with E-state index >= 15 is 0 Å². The van der Waals surface area contributed by atoms with Gasteiger partial charge in [0, 0.05) is 13.0 Å². The van der Waals surface area contributed by atoms with E-state index < -0.39 is 59.8 Å². The van der Waals surface area contributed by atoms with Crippen LogP contribution in [0.25, 0.3) is 0 Å². The molecule has 6 atom stereocenters. The minimum absolute atomic E-state index is 0.00161. The number of hydrogen-bond donors (Lipinski definition) is 4. The van der Waals surface area contributed by atoms with Gasteiger partial charge in [0.15, 0.2) is 6.29 Å². The number of unbranched alkanes of at least 4 members (excludes halogenated alkanes) is 15. The summed E-state index contributed by atoms with van der Waals surface area (Å²) in [5.74, 6) is -0.482. The van der Waals surface area contributed by atoms with Crippen LogP contribution in [-0.2, 0) is 38.3 Å². The molecule has 4 N–H and O–H groups in total. The van der Waals surface area contributed by atoms with Crippen molar-refractivity contribution in [2.45, 2.75) is 205 Å². The summed E-state index contributed by atoms with van der Waals surface area (Å²) in [6, 6.07) is 0. The molecular formula is C49H84O12S. The molecule has 0 radical (unpaired) electrons. The first-order valence-electron chi connectivity index (χ1n) is 23.7. The molecule has 0 aromatic carbocycles. The molecule has 12 nitrogen and oxygen atoms in total. The summed E-state index contributed by atoms with van der Waals surface area (Å²) >= 11 is 0. The molecule has 1 rings (SSSR count). The number of aliphatic hydroxyl groups excluding tert-OH is 3. The molecule has 6 unspecified atom stereocenters. The van der Waals surface area contributed by atoms with Crippen molar-refractivity contribution in [1.82, 2.24) is 0 Å². The maximum Gasteiger partial charge on any atom is 0.397 e. The molecule has 1 heterocycles. The number of esters is 1. The van der Waals surface area contributed by atoms with Gasteiger partial charge >= 0.3 is 16.4 Å². The average molecular weight is 897 g/mol. The predicted molar refractivity (Wildman–Crippen MR) is 248 cm³/mol. The molecule has 62 heavy (non-hydrogen) atoms. The van der Waals surface area contributed by atoms with Crippen LogP contribution in [0.5, 0.6) is 0 Å². The SMILES string of the molecule is CC/C=C\C/C=C\C/C=C\C/C=C\CCC(=O)OC(COCCCCCCCCCCCC/C=C\C/C=C\CCCCCCC)COC1OC(CO)C(O)C(OS(=O)(=O)O)C1O. The van der Waals surface area contributed by atoms with Crippen LogP contribution < -0.4 is 0 Å². The minimum Gasteiger partial charge on any atom is -0.457 e. The van der Waals surface area contributed by atoms with Gasteiger partial charge in [-0.1, -0.05) is 164 Å². The van der Waals surface area contributed by atoms with E-state index in [-0.39, 0.29) is 19.6 Å². The van der Waals surface area contributed by atoms with Gasteiger partial charge in [-0.3, -0.25) is 9.35 Å². The second-order valence-corrected chi connectivity index (χ2v) is 17.0. The van der Waals surface area contributed by atoms with Crippen molar-refractivity contribution in [1.29, 1.82) is 0 Å². The zero-order chi connectivity index (χ0) is 45.4. The Morgan fingerprint density at radius 2 is 1.11 bits per heavy atom. The third kappa shape index (κ3) is 33.1. The van der Waals surface area contributed by atoms with Gasteiger partial charge in [-0.05, 0) is 70.6 Å². The van der Waals surface area contributed by atoms with E-state index in [0.717, 1.165) is 51.4 Å². The quantitative estimate of drug-likeness (QED) is 0.0198. The van der Waals surface area contributed by atoms with Crippen LogP contribution in [-0.4, -0.2) is 97.5 Å². The van der Waals surface area contributed by atoms with E-state index in [1.807, 2.05) is 12.2 Å². The first-order chi connectivity index (χ1) is 30.1. The molecule has 1 fully saturated rings. The fraction of sp³-hybridized carbons (Fsp3) is 0.735. The summed E-state index contributed by atoms with van der Waals surface area (Å²) in [6.45, 7) is 3.75. The van der Waals surface area contributed by atoms with Crippen molar-refractivity contribution >= 4 is 16.4 Å². The van der Waals surface area contributed by atoms with E-state index in [1.165, 1.54) is 89.9 Å². The Bertz CT molecular complexity index is 1360. The van der Waals surface area contributed by atoms with Gasteiger partial charge in [0.2, 0.25) is 0 Å². The van der Waals surface area contributed by atoms with E-state index in [0.29, 0.717) is 13.0 Å². The van der Waals surface area contributed by atoms with Gasteiger partial charge in [-0.2, -0.15) is 8.42 Å². The second-order valence-electron chi connectivity index (χ2n) is 16.0. The van der Waals surface area contributed by atoms with Gasteiger partial charge in [-0.25, -0.2) is 4.18 Å². The Hall–Kier alpha value is -2.46.